The topological polar surface area (TPSA) is 68.0 Å². The van der Waals surface area contributed by atoms with Gasteiger partial charge in [0, 0.05) is 11.9 Å². The van der Waals surface area contributed by atoms with Crippen molar-refractivity contribution < 1.29 is 4.79 Å². The number of carbonyl (C=O) groups is 1. The Bertz CT molecular complexity index is 615. The number of hydrogen-bond donors (Lipinski definition) is 2. The summed E-state index contributed by atoms with van der Waals surface area (Å²) >= 11 is 1.86. The zero-order chi connectivity index (χ0) is 15.1. The number of rotatable bonds is 7. The largest absolute Gasteiger partial charge is 0.384 e. The Morgan fingerprint density at radius 3 is 2.90 bits per heavy atom. The van der Waals surface area contributed by atoms with Crippen LogP contribution in [0.15, 0.2) is 30.3 Å². The maximum atomic E-state index is 12.3. The number of pyridine rings is 1. The van der Waals surface area contributed by atoms with E-state index in [0.29, 0.717) is 17.9 Å². The van der Waals surface area contributed by atoms with E-state index in [4.69, 9.17) is 5.73 Å². The fraction of sp³-hybridized carbons (Fsp3) is 0.375. The highest BCUT2D eigenvalue weighted by Crippen LogP contribution is 2.19. The van der Waals surface area contributed by atoms with Gasteiger partial charge in [-0.25, -0.2) is 4.98 Å². The first-order valence-corrected chi connectivity index (χ1v) is 8.54. The number of nitrogens with zero attached hydrogens (tertiary/aromatic N) is 1. The fourth-order valence-corrected chi connectivity index (χ4v) is 2.72. The van der Waals surface area contributed by atoms with E-state index in [0.717, 1.165) is 23.7 Å². The molecule has 21 heavy (non-hydrogen) atoms. The Morgan fingerprint density at radius 2 is 2.10 bits per heavy atom. The summed E-state index contributed by atoms with van der Waals surface area (Å²) in [5.41, 5.74) is 7.13. The minimum Gasteiger partial charge on any atom is -0.384 e. The van der Waals surface area contributed by atoms with Crippen LogP contribution in [0.25, 0.3) is 10.9 Å². The highest BCUT2D eigenvalue weighted by molar-refractivity contribution is 7.98. The fourth-order valence-electron chi connectivity index (χ4n) is 2.23. The lowest BCUT2D eigenvalue weighted by molar-refractivity contribution is 0.0954. The molecule has 0 spiro atoms. The molecular formula is C16H21N3OS. The van der Waals surface area contributed by atoms with Gasteiger partial charge in [0.2, 0.25) is 0 Å². The number of hydrogen-bond acceptors (Lipinski definition) is 4. The Morgan fingerprint density at radius 1 is 1.29 bits per heavy atom. The number of nitrogen functional groups attached to an aromatic ring is 1. The molecule has 1 aromatic carbocycles. The number of anilines is 1. The number of aromatic nitrogens is 1. The summed E-state index contributed by atoms with van der Waals surface area (Å²) in [6.45, 7) is 0.698. The average Bonchev–Trinajstić information content (AvgIpc) is 2.49. The molecule has 0 fully saturated rings. The van der Waals surface area contributed by atoms with Gasteiger partial charge in [-0.2, -0.15) is 11.8 Å². The monoisotopic (exact) mass is 303 g/mol. The summed E-state index contributed by atoms with van der Waals surface area (Å²) in [6, 6.07) is 9.20. The van der Waals surface area contributed by atoms with Crippen molar-refractivity contribution in [3.05, 3.63) is 35.9 Å². The van der Waals surface area contributed by atoms with E-state index in [1.54, 1.807) is 6.07 Å². The van der Waals surface area contributed by atoms with Crippen LogP contribution in [-0.4, -0.2) is 29.4 Å². The van der Waals surface area contributed by atoms with Crippen molar-refractivity contribution in [3.63, 3.8) is 0 Å². The first-order chi connectivity index (χ1) is 10.2. The molecule has 0 aliphatic heterocycles. The lowest BCUT2D eigenvalue weighted by Gasteiger charge is -2.08. The zero-order valence-corrected chi connectivity index (χ0v) is 13.1. The number of benzene rings is 1. The van der Waals surface area contributed by atoms with Crippen molar-refractivity contribution in [2.45, 2.75) is 19.3 Å². The summed E-state index contributed by atoms with van der Waals surface area (Å²) in [5, 5.41) is 3.81. The van der Waals surface area contributed by atoms with E-state index in [1.165, 1.54) is 12.2 Å². The highest BCUT2D eigenvalue weighted by atomic mass is 32.2. The Kier molecular flexibility index (Phi) is 5.87. The molecule has 3 N–H and O–H groups in total. The third-order valence-electron chi connectivity index (χ3n) is 3.29. The number of nitrogens with one attached hydrogen (secondary N) is 1. The lowest BCUT2D eigenvalue weighted by atomic mass is 10.1. The van der Waals surface area contributed by atoms with Crippen LogP contribution in [0.3, 0.4) is 0 Å². The molecule has 0 saturated heterocycles. The minimum absolute atomic E-state index is 0.0785. The normalized spacial score (nSPS) is 10.7. The molecule has 0 saturated carbocycles. The third kappa shape index (κ3) is 4.36. The Balaban J connectivity index is 1.99. The Labute approximate surface area is 129 Å². The average molecular weight is 303 g/mol. The first-order valence-electron chi connectivity index (χ1n) is 7.15. The molecule has 2 aromatic rings. The van der Waals surface area contributed by atoms with Gasteiger partial charge < -0.3 is 11.1 Å². The molecule has 0 bridgehead atoms. The second-order valence-corrected chi connectivity index (χ2v) is 5.91. The van der Waals surface area contributed by atoms with E-state index in [-0.39, 0.29) is 5.91 Å². The molecule has 0 aliphatic rings. The van der Waals surface area contributed by atoms with Gasteiger partial charge >= 0.3 is 0 Å². The second-order valence-electron chi connectivity index (χ2n) is 4.92. The molecule has 112 valence electrons. The maximum Gasteiger partial charge on any atom is 0.252 e. The van der Waals surface area contributed by atoms with E-state index in [9.17, 15) is 4.79 Å². The molecule has 1 aromatic heterocycles. The summed E-state index contributed by atoms with van der Waals surface area (Å²) in [7, 11) is 0. The maximum absolute atomic E-state index is 12.3. The quantitative estimate of drug-likeness (QED) is 0.771. The molecule has 5 heteroatoms. The molecule has 1 amide bonds. The van der Waals surface area contributed by atoms with Crippen molar-refractivity contribution in [3.8, 4) is 0 Å². The number of amides is 1. The van der Waals surface area contributed by atoms with Crippen LogP contribution in [0, 0.1) is 0 Å². The van der Waals surface area contributed by atoms with Crippen molar-refractivity contribution in [1.29, 1.82) is 0 Å². The number of fused-ring (bicyclic) bond motifs is 1. The molecule has 0 atom stereocenters. The van der Waals surface area contributed by atoms with Crippen LogP contribution in [0.4, 0.5) is 5.82 Å². The molecule has 0 aliphatic carbocycles. The third-order valence-corrected chi connectivity index (χ3v) is 3.99. The van der Waals surface area contributed by atoms with Crippen molar-refractivity contribution in [2.24, 2.45) is 0 Å². The van der Waals surface area contributed by atoms with Crippen molar-refractivity contribution >= 4 is 34.4 Å². The second kappa shape index (κ2) is 7.88. The number of nitrogens with two attached hydrogens (primary N) is 1. The minimum atomic E-state index is -0.0785. The van der Waals surface area contributed by atoms with E-state index in [2.05, 4.69) is 16.6 Å². The van der Waals surface area contributed by atoms with Gasteiger partial charge in [0.15, 0.2) is 0 Å². The predicted octanol–water partition coefficient (Wildman–Crippen LogP) is 3.08. The molecule has 0 radical (unpaired) electrons. The zero-order valence-electron chi connectivity index (χ0n) is 12.3. The van der Waals surface area contributed by atoms with Gasteiger partial charge in [-0.1, -0.05) is 24.6 Å². The Hall–Kier alpha value is -1.75. The number of para-hydroxylation sites is 1. The molecule has 2 rings (SSSR count). The van der Waals surface area contributed by atoms with Crippen LogP contribution in [-0.2, 0) is 0 Å². The summed E-state index contributed by atoms with van der Waals surface area (Å²) in [5.74, 6) is 1.48. The van der Waals surface area contributed by atoms with Crippen LogP contribution >= 0.6 is 11.8 Å². The molecule has 0 unspecified atom stereocenters. The van der Waals surface area contributed by atoms with Gasteiger partial charge in [0.25, 0.3) is 5.91 Å². The van der Waals surface area contributed by atoms with Crippen LogP contribution in [0.5, 0.6) is 0 Å². The van der Waals surface area contributed by atoms with Crippen molar-refractivity contribution in [1.82, 2.24) is 10.3 Å². The van der Waals surface area contributed by atoms with Crippen LogP contribution in [0.1, 0.15) is 29.6 Å². The molecule has 4 nitrogen and oxygen atoms in total. The van der Waals surface area contributed by atoms with E-state index in [1.807, 2.05) is 36.0 Å². The lowest BCUT2D eigenvalue weighted by Crippen LogP contribution is -2.25. The first kappa shape index (κ1) is 15.6. The van der Waals surface area contributed by atoms with Gasteiger partial charge in [0.1, 0.15) is 5.82 Å². The molecule has 1 heterocycles. The van der Waals surface area contributed by atoms with Gasteiger partial charge in [-0.05, 0) is 37.0 Å². The SMILES string of the molecule is CSCCCCCNC(=O)c1cc(N)nc2ccccc12. The van der Waals surface area contributed by atoms with Gasteiger partial charge in [0.05, 0.1) is 11.1 Å². The number of carbonyl (C=O) groups excluding carboxylic acids is 1. The van der Waals surface area contributed by atoms with E-state index >= 15 is 0 Å². The number of thioether (sulfide) groups is 1. The standard InChI is InChI=1S/C16H21N3OS/c1-21-10-6-2-5-9-18-16(20)13-11-15(17)19-14-8-4-3-7-12(13)14/h3-4,7-8,11H,2,5-6,9-10H2,1H3,(H2,17,19)(H,18,20). The van der Waals surface area contributed by atoms with Gasteiger partial charge in [-0.3, -0.25) is 4.79 Å². The number of unbranched alkanes of at least 4 members (excludes halogenated alkanes) is 2. The van der Waals surface area contributed by atoms with Crippen LogP contribution < -0.4 is 11.1 Å². The van der Waals surface area contributed by atoms with Gasteiger partial charge in [-0.15, -0.1) is 0 Å². The highest BCUT2D eigenvalue weighted by Gasteiger charge is 2.11. The summed E-state index contributed by atoms with van der Waals surface area (Å²) in [4.78, 5) is 16.5. The van der Waals surface area contributed by atoms with Crippen molar-refractivity contribution in [2.75, 3.05) is 24.3 Å². The smallest absolute Gasteiger partial charge is 0.252 e. The van der Waals surface area contributed by atoms with E-state index < -0.39 is 0 Å². The van der Waals surface area contributed by atoms with Crippen LogP contribution in [0.2, 0.25) is 0 Å². The summed E-state index contributed by atoms with van der Waals surface area (Å²) in [6.07, 6.45) is 5.45. The summed E-state index contributed by atoms with van der Waals surface area (Å²) < 4.78 is 0. The predicted molar refractivity (Wildman–Crippen MR) is 90.7 cm³/mol. The molecular weight excluding hydrogens is 282 g/mol.